The number of carbonyl (C=O) groups excluding carboxylic acids is 2. The summed E-state index contributed by atoms with van der Waals surface area (Å²) < 4.78 is 4.72. The number of para-hydroxylation sites is 1. The van der Waals surface area contributed by atoms with Crippen LogP contribution in [0.2, 0.25) is 0 Å². The summed E-state index contributed by atoms with van der Waals surface area (Å²) in [7, 11) is 2.95. The van der Waals surface area contributed by atoms with Gasteiger partial charge in [0.05, 0.1) is 23.9 Å². The fourth-order valence-corrected chi connectivity index (χ4v) is 3.33. The average Bonchev–Trinajstić information content (AvgIpc) is 2.83. The van der Waals surface area contributed by atoms with Crippen molar-refractivity contribution in [2.45, 2.75) is 0 Å². The summed E-state index contributed by atoms with van der Waals surface area (Å²) in [5.74, 6) is -0.232. The third kappa shape index (κ3) is 4.23. The number of anilines is 2. The van der Waals surface area contributed by atoms with E-state index in [1.807, 2.05) is 60.7 Å². The van der Waals surface area contributed by atoms with E-state index in [2.05, 4.69) is 5.32 Å². The first kappa shape index (κ1) is 20.1. The lowest BCUT2D eigenvalue weighted by atomic mass is 10.0. The van der Waals surface area contributed by atoms with Crippen molar-refractivity contribution in [1.82, 2.24) is 4.98 Å². The van der Waals surface area contributed by atoms with Gasteiger partial charge in [0.15, 0.2) is 0 Å². The number of carbonyl (C=O) groups is 2. The Labute approximate surface area is 180 Å². The fourth-order valence-electron chi connectivity index (χ4n) is 3.33. The molecule has 0 atom stereocenters. The first-order valence-corrected chi connectivity index (χ1v) is 9.75. The second kappa shape index (κ2) is 8.67. The minimum absolute atomic E-state index is 0.232. The van der Waals surface area contributed by atoms with E-state index in [1.165, 1.54) is 12.0 Å². The maximum absolute atomic E-state index is 13.2. The van der Waals surface area contributed by atoms with Crippen LogP contribution in [0.4, 0.5) is 16.2 Å². The Morgan fingerprint density at radius 3 is 2.29 bits per heavy atom. The summed E-state index contributed by atoms with van der Waals surface area (Å²) in [5.41, 5.74) is 4.25. The molecule has 0 bridgehead atoms. The number of amides is 2. The highest BCUT2D eigenvalue weighted by molar-refractivity contribution is 6.13. The zero-order chi connectivity index (χ0) is 21.8. The quantitative estimate of drug-likeness (QED) is 0.491. The lowest BCUT2D eigenvalue weighted by molar-refractivity contribution is 0.102. The van der Waals surface area contributed by atoms with E-state index in [4.69, 9.17) is 9.72 Å². The standard InChI is InChI=1S/C25H21N3O3/c1-28(25(30)31-2)19-14-12-18(13-15-19)26-24(29)21-16-23(17-8-4-3-5-9-17)27-22-11-7-6-10-20(21)22/h3-16H,1-2H3,(H,26,29). The molecule has 0 aliphatic heterocycles. The van der Waals surface area contributed by atoms with Crippen LogP contribution in [-0.4, -0.2) is 31.1 Å². The average molecular weight is 411 g/mol. The molecule has 31 heavy (non-hydrogen) atoms. The molecule has 0 spiro atoms. The van der Waals surface area contributed by atoms with Crippen molar-refractivity contribution in [1.29, 1.82) is 0 Å². The summed E-state index contributed by atoms with van der Waals surface area (Å²) in [6.45, 7) is 0. The van der Waals surface area contributed by atoms with Crippen molar-refractivity contribution in [3.05, 3.63) is 90.5 Å². The first-order chi connectivity index (χ1) is 15.1. The van der Waals surface area contributed by atoms with Crippen molar-refractivity contribution >= 4 is 34.3 Å². The van der Waals surface area contributed by atoms with Crippen LogP contribution in [0.3, 0.4) is 0 Å². The van der Waals surface area contributed by atoms with Crippen LogP contribution < -0.4 is 10.2 Å². The first-order valence-electron chi connectivity index (χ1n) is 9.75. The van der Waals surface area contributed by atoms with E-state index < -0.39 is 6.09 Å². The van der Waals surface area contributed by atoms with Crippen molar-refractivity contribution in [3.63, 3.8) is 0 Å². The molecule has 0 radical (unpaired) electrons. The number of aromatic nitrogens is 1. The Morgan fingerprint density at radius 1 is 0.903 bits per heavy atom. The number of pyridine rings is 1. The molecule has 4 rings (SSSR count). The Hall–Kier alpha value is -4.19. The van der Waals surface area contributed by atoms with E-state index in [9.17, 15) is 9.59 Å². The van der Waals surface area contributed by atoms with Gasteiger partial charge >= 0.3 is 6.09 Å². The van der Waals surface area contributed by atoms with Gasteiger partial charge in [0, 0.05) is 29.4 Å². The Morgan fingerprint density at radius 2 is 1.58 bits per heavy atom. The van der Waals surface area contributed by atoms with Gasteiger partial charge in [-0.1, -0.05) is 48.5 Å². The highest BCUT2D eigenvalue weighted by Gasteiger charge is 2.15. The molecule has 0 aliphatic carbocycles. The van der Waals surface area contributed by atoms with Gasteiger partial charge < -0.3 is 10.1 Å². The normalized spacial score (nSPS) is 10.5. The molecule has 1 N–H and O–H groups in total. The third-order valence-electron chi connectivity index (χ3n) is 4.99. The number of hydrogen-bond acceptors (Lipinski definition) is 4. The second-order valence-corrected chi connectivity index (χ2v) is 6.97. The SMILES string of the molecule is COC(=O)N(C)c1ccc(NC(=O)c2cc(-c3ccccc3)nc3ccccc23)cc1. The van der Waals surface area contributed by atoms with Gasteiger partial charge in [0.1, 0.15) is 0 Å². The number of rotatable bonds is 4. The molecule has 154 valence electrons. The summed E-state index contributed by atoms with van der Waals surface area (Å²) in [6, 6.07) is 26.1. The van der Waals surface area contributed by atoms with Crippen molar-refractivity contribution in [2.24, 2.45) is 0 Å². The lowest BCUT2D eigenvalue weighted by Crippen LogP contribution is -2.25. The topological polar surface area (TPSA) is 71.5 Å². The van der Waals surface area contributed by atoms with E-state index >= 15 is 0 Å². The zero-order valence-electron chi connectivity index (χ0n) is 17.2. The van der Waals surface area contributed by atoms with Gasteiger partial charge in [0.2, 0.25) is 0 Å². The predicted molar refractivity (Wildman–Crippen MR) is 122 cm³/mol. The lowest BCUT2D eigenvalue weighted by Gasteiger charge is -2.16. The van der Waals surface area contributed by atoms with Gasteiger partial charge in [-0.25, -0.2) is 9.78 Å². The smallest absolute Gasteiger partial charge is 0.413 e. The maximum atomic E-state index is 13.2. The highest BCUT2D eigenvalue weighted by atomic mass is 16.5. The molecule has 0 aliphatic rings. The van der Waals surface area contributed by atoms with E-state index in [0.29, 0.717) is 16.9 Å². The molecule has 0 unspecified atom stereocenters. The van der Waals surface area contributed by atoms with E-state index in [0.717, 1.165) is 22.2 Å². The van der Waals surface area contributed by atoms with Gasteiger partial charge in [-0.15, -0.1) is 0 Å². The van der Waals surface area contributed by atoms with Crippen LogP contribution in [0.15, 0.2) is 84.9 Å². The van der Waals surface area contributed by atoms with Crippen molar-refractivity contribution in [3.8, 4) is 11.3 Å². The number of ether oxygens (including phenoxy) is 1. The summed E-state index contributed by atoms with van der Waals surface area (Å²) in [5, 5.41) is 3.72. The van der Waals surface area contributed by atoms with E-state index in [-0.39, 0.29) is 5.91 Å². The van der Waals surface area contributed by atoms with Crippen molar-refractivity contribution in [2.75, 3.05) is 24.4 Å². The van der Waals surface area contributed by atoms with E-state index in [1.54, 1.807) is 31.3 Å². The van der Waals surface area contributed by atoms with Crippen LogP contribution in [0.1, 0.15) is 10.4 Å². The molecule has 6 heteroatoms. The number of nitrogens with zero attached hydrogens (tertiary/aromatic N) is 2. The number of hydrogen-bond donors (Lipinski definition) is 1. The van der Waals surface area contributed by atoms with Crippen LogP contribution in [-0.2, 0) is 4.74 Å². The molecule has 0 saturated heterocycles. The van der Waals surface area contributed by atoms with Gasteiger partial charge in [-0.3, -0.25) is 9.69 Å². The zero-order valence-corrected chi connectivity index (χ0v) is 17.2. The second-order valence-electron chi connectivity index (χ2n) is 6.97. The maximum Gasteiger partial charge on any atom is 0.413 e. The molecule has 6 nitrogen and oxygen atoms in total. The number of fused-ring (bicyclic) bond motifs is 1. The highest BCUT2D eigenvalue weighted by Crippen LogP contribution is 2.26. The molecule has 2 amide bonds. The number of methoxy groups -OCH3 is 1. The largest absolute Gasteiger partial charge is 0.452 e. The minimum Gasteiger partial charge on any atom is -0.452 e. The predicted octanol–water partition coefficient (Wildman–Crippen LogP) is 5.36. The molecular formula is C25H21N3O3. The summed E-state index contributed by atoms with van der Waals surface area (Å²) in [6.07, 6.45) is -0.464. The van der Waals surface area contributed by atoms with Gasteiger partial charge in [0.25, 0.3) is 5.91 Å². The fraction of sp³-hybridized carbons (Fsp3) is 0.0800. The van der Waals surface area contributed by atoms with Gasteiger partial charge in [-0.05, 0) is 36.4 Å². The molecule has 1 heterocycles. The van der Waals surface area contributed by atoms with Gasteiger partial charge in [-0.2, -0.15) is 0 Å². The molecule has 4 aromatic rings. The minimum atomic E-state index is -0.464. The van der Waals surface area contributed by atoms with Crippen LogP contribution in [0.25, 0.3) is 22.2 Å². The Kier molecular flexibility index (Phi) is 5.62. The number of nitrogens with one attached hydrogen (secondary N) is 1. The monoisotopic (exact) mass is 411 g/mol. The van der Waals surface area contributed by atoms with Crippen LogP contribution >= 0.6 is 0 Å². The Bertz CT molecular complexity index is 1240. The molecule has 0 saturated carbocycles. The molecule has 3 aromatic carbocycles. The van der Waals surface area contributed by atoms with Crippen molar-refractivity contribution < 1.29 is 14.3 Å². The van der Waals surface area contributed by atoms with Crippen LogP contribution in [0, 0.1) is 0 Å². The summed E-state index contributed by atoms with van der Waals surface area (Å²) >= 11 is 0. The third-order valence-corrected chi connectivity index (χ3v) is 4.99. The van der Waals surface area contributed by atoms with Crippen LogP contribution in [0.5, 0.6) is 0 Å². The molecule has 0 fully saturated rings. The summed E-state index contributed by atoms with van der Waals surface area (Å²) in [4.78, 5) is 30.9. The molecular weight excluding hydrogens is 390 g/mol. The Balaban J connectivity index is 1.65. The molecule has 1 aromatic heterocycles. The number of benzene rings is 3.